The predicted molar refractivity (Wildman–Crippen MR) is 72.8 cm³/mol. The smallest absolute Gasteiger partial charge is 0.251 e. The minimum atomic E-state index is -0.0313. The van der Waals surface area contributed by atoms with E-state index in [0.29, 0.717) is 17.5 Å². The fourth-order valence-electron chi connectivity index (χ4n) is 2.12. The molecule has 0 spiro atoms. The molecule has 19 heavy (non-hydrogen) atoms. The van der Waals surface area contributed by atoms with E-state index in [1.54, 1.807) is 24.3 Å². The van der Waals surface area contributed by atoms with Crippen molar-refractivity contribution < 1.29 is 9.59 Å². The first-order chi connectivity index (χ1) is 9.13. The third kappa shape index (κ3) is 2.95. The molecular formula is C15H18N2O2. The van der Waals surface area contributed by atoms with Gasteiger partial charge in [-0.15, -0.1) is 0 Å². The van der Waals surface area contributed by atoms with Gasteiger partial charge >= 0.3 is 0 Å². The van der Waals surface area contributed by atoms with Crippen molar-refractivity contribution in [2.45, 2.75) is 32.2 Å². The maximum absolute atomic E-state index is 11.8. The molecule has 2 saturated carbocycles. The highest BCUT2D eigenvalue weighted by atomic mass is 16.2. The van der Waals surface area contributed by atoms with Crippen molar-refractivity contribution in [3.8, 4) is 0 Å². The first kappa shape index (κ1) is 12.2. The number of hydrogen-bond donors (Lipinski definition) is 2. The lowest BCUT2D eigenvalue weighted by Crippen LogP contribution is -2.25. The number of carbonyl (C=O) groups is 2. The highest BCUT2D eigenvalue weighted by Crippen LogP contribution is 2.38. The second-order valence-corrected chi connectivity index (χ2v) is 5.63. The van der Waals surface area contributed by atoms with E-state index in [0.717, 1.165) is 24.9 Å². The standard InChI is InChI=1S/C15H18N2O2/c1-9-8-13(9)15(19)17-11-4-2-10(3-5-11)14(18)16-12-6-7-12/h2-5,9,12-13H,6-8H2,1H3,(H,16,18)(H,17,19)/t9-,13+/m1/s1. The SMILES string of the molecule is C[C@@H]1C[C@@H]1C(=O)Nc1ccc(C(=O)NC2CC2)cc1. The molecule has 2 N–H and O–H groups in total. The van der Waals surface area contributed by atoms with E-state index in [4.69, 9.17) is 0 Å². The van der Waals surface area contributed by atoms with Crippen LogP contribution in [0.1, 0.15) is 36.5 Å². The number of rotatable bonds is 4. The molecule has 0 saturated heterocycles. The lowest BCUT2D eigenvalue weighted by Gasteiger charge is -2.06. The van der Waals surface area contributed by atoms with Crippen LogP contribution in [-0.4, -0.2) is 17.9 Å². The van der Waals surface area contributed by atoms with Crippen molar-refractivity contribution in [3.05, 3.63) is 29.8 Å². The molecule has 0 bridgehead atoms. The van der Waals surface area contributed by atoms with E-state index in [1.165, 1.54) is 0 Å². The molecule has 2 aliphatic rings. The quantitative estimate of drug-likeness (QED) is 0.869. The van der Waals surface area contributed by atoms with Crippen molar-refractivity contribution in [1.82, 2.24) is 5.32 Å². The zero-order valence-electron chi connectivity index (χ0n) is 11.0. The van der Waals surface area contributed by atoms with E-state index in [-0.39, 0.29) is 17.7 Å². The highest BCUT2D eigenvalue weighted by Gasteiger charge is 2.39. The zero-order valence-corrected chi connectivity index (χ0v) is 11.0. The molecule has 3 rings (SSSR count). The van der Waals surface area contributed by atoms with Crippen LogP contribution in [0.15, 0.2) is 24.3 Å². The van der Waals surface area contributed by atoms with E-state index in [2.05, 4.69) is 17.6 Å². The fourth-order valence-corrected chi connectivity index (χ4v) is 2.12. The lowest BCUT2D eigenvalue weighted by atomic mass is 10.2. The van der Waals surface area contributed by atoms with Crippen LogP contribution in [0.3, 0.4) is 0 Å². The first-order valence-corrected chi connectivity index (χ1v) is 6.85. The van der Waals surface area contributed by atoms with Crippen molar-refractivity contribution in [1.29, 1.82) is 0 Å². The summed E-state index contributed by atoms with van der Waals surface area (Å²) in [6.07, 6.45) is 3.15. The minimum Gasteiger partial charge on any atom is -0.349 e. The summed E-state index contributed by atoms with van der Waals surface area (Å²) < 4.78 is 0. The molecule has 0 radical (unpaired) electrons. The summed E-state index contributed by atoms with van der Waals surface area (Å²) >= 11 is 0. The van der Waals surface area contributed by atoms with Crippen LogP contribution < -0.4 is 10.6 Å². The Hall–Kier alpha value is -1.84. The normalized spacial score (nSPS) is 24.7. The predicted octanol–water partition coefficient (Wildman–Crippen LogP) is 2.17. The number of hydrogen-bond acceptors (Lipinski definition) is 2. The number of nitrogens with one attached hydrogen (secondary N) is 2. The third-order valence-corrected chi connectivity index (χ3v) is 3.77. The van der Waals surface area contributed by atoms with Crippen LogP contribution >= 0.6 is 0 Å². The summed E-state index contributed by atoms with van der Waals surface area (Å²) in [5.74, 6) is 0.723. The number of amides is 2. The van der Waals surface area contributed by atoms with Gasteiger partial charge in [0.2, 0.25) is 5.91 Å². The van der Waals surface area contributed by atoms with Gasteiger partial charge in [0.25, 0.3) is 5.91 Å². The summed E-state index contributed by atoms with van der Waals surface area (Å²) in [6, 6.07) is 7.44. The van der Waals surface area contributed by atoms with Gasteiger partial charge in [0.05, 0.1) is 0 Å². The van der Waals surface area contributed by atoms with Crippen molar-refractivity contribution in [2.75, 3.05) is 5.32 Å². The summed E-state index contributed by atoms with van der Waals surface area (Å²) in [5.41, 5.74) is 1.40. The van der Waals surface area contributed by atoms with Crippen LogP contribution in [0.4, 0.5) is 5.69 Å². The third-order valence-electron chi connectivity index (χ3n) is 3.77. The van der Waals surface area contributed by atoms with Gasteiger partial charge in [-0.3, -0.25) is 9.59 Å². The molecule has 0 aliphatic heterocycles. The van der Waals surface area contributed by atoms with Gasteiger partial charge in [0.15, 0.2) is 0 Å². The Balaban J connectivity index is 1.58. The monoisotopic (exact) mass is 258 g/mol. The van der Waals surface area contributed by atoms with Crippen LogP contribution in [0.2, 0.25) is 0 Å². The molecule has 2 amide bonds. The molecule has 2 fully saturated rings. The van der Waals surface area contributed by atoms with Gasteiger partial charge < -0.3 is 10.6 Å². The van der Waals surface area contributed by atoms with Crippen LogP contribution in [0, 0.1) is 11.8 Å². The van der Waals surface area contributed by atoms with Gasteiger partial charge in [-0.05, 0) is 49.4 Å². The van der Waals surface area contributed by atoms with Crippen LogP contribution in [-0.2, 0) is 4.79 Å². The minimum absolute atomic E-state index is 0.0313. The van der Waals surface area contributed by atoms with E-state index in [9.17, 15) is 9.59 Å². The van der Waals surface area contributed by atoms with Gasteiger partial charge in [-0.2, -0.15) is 0 Å². The Morgan fingerprint density at radius 1 is 1.16 bits per heavy atom. The summed E-state index contributed by atoms with van der Waals surface area (Å²) in [5, 5.41) is 5.82. The van der Waals surface area contributed by atoms with Gasteiger partial charge in [0, 0.05) is 23.2 Å². The van der Waals surface area contributed by atoms with Crippen LogP contribution in [0.5, 0.6) is 0 Å². The molecule has 4 heteroatoms. The Morgan fingerprint density at radius 3 is 2.32 bits per heavy atom. The molecule has 1 aromatic carbocycles. The van der Waals surface area contributed by atoms with Gasteiger partial charge in [-0.1, -0.05) is 6.92 Å². The summed E-state index contributed by atoms with van der Waals surface area (Å²) in [7, 11) is 0. The number of anilines is 1. The molecule has 1 aromatic rings. The second-order valence-electron chi connectivity index (χ2n) is 5.63. The van der Waals surface area contributed by atoms with E-state index >= 15 is 0 Å². The van der Waals surface area contributed by atoms with Crippen LogP contribution in [0.25, 0.3) is 0 Å². The Labute approximate surface area is 112 Å². The first-order valence-electron chi connectivity index (χ1n) is 6.85. The fraction of sp³-hybridized carbons (Fsp3) is 0.467. The molecule has 100 valence electrons. The Morgan fingerprint density at radius 2 is 1.79 bits per heavy atom. The maximum atomic E-state index is 11.8. The van der Waals surface area contributed by atoms with Crippen molar-refractivity contribution in [3.63, 3.8) is 0 Å². The van der Waals surface area contributed by atoms with Gasteiger partial charge in [0.1, 0.15) is 0 Å². The molecular weight excluding hydrogens is 240 g/mol. The summed E-state index contributed by atoms with van der Waals surface area (Å²) in [4.78, 5) is 23.6. The molecule has 0 unspecified atom stereocenters. The van der Waals surface area contributed by atoms with Crippen molar-refractivity contribution in [2.24, 2.45) is 11.8 Å². The second kappa shape index (κ2) is 4.68. The molecule has 0 aromatic heterocycles. The maximum Gasteiger partial charge on any atom is 0.251 e. The van der Waals surface area contributed by atoms with E-state index in [1.807, 2.05) is 0 Å². The van der Waals surface area contributed by atoms with Crippen molar-refractivity contribution >= 4 is 17.5 Å². The summed E-state index contributed by atoms with van der Waals surface area (Å²) in [6.45, 7) is 2.08. The highest BCUT2D eigenvalue weighted by molar-refractivity contribution is 5.97. The number of benzene rings is 1. The Bertz CT molecular complexity index is 505. The largest absolute Gasteiger partial charge is 0.349 e. The molecule has 4 nitrogen and oxygen atoms in total. The van der Waals surface area contributed by atoms with E-state index < -0.39 is 0 Å². The average Bonchev–Trinajstić information content (AvgIpc) is 3.28. The molecule has 2 atom stereocenters. The molecule has 0 heterocycles. The average molecular weight is 258 g/mol. The zero-order chi connectivity index (χ0) is 13.4. The lowest BCUT2D eigenvalue weighted by molar-refractivity contribution is -0.117. The molecule has 2 aliphatic carbocycles. The Kier molecular flexibility index (Phi) is 3.01. The number of carbonyl (C=O) groups excluding carboxylic acids is 2. The topological polar surface area (TPSA) is 58.2 Å². The van der Waals surface area contributed by atoms with Gasteiger partial charge in [-0.25, -0.2) is 0 Å².